The van der Waals surface area contributed by atoms with E-state index in [4.69, 9.17) is 4.74 Å². The number of ether oxygens (including phenoxy) is 1. The molecule has 1 saturated heterocycles. The summed E-state index contributed by atoms with van der Waals surface area (Å²) in [4.78, 5) is 11.9. The number of cyclic esters (lactones) is 1. The number of benzene rings is 1. The van der Waals surface area contributed by atoms with Crippen LogP contribution in [0, 0.1) is 0 Å². The third-order valence-electron chi connectivity index (χ3n) is 2.85. The molecule has 1 heterocycles. The van der Waals surface area contributed by atoms with E-state index in [1.54, 1.807) is 0 Å². The first kappa shape index (κ1) is 10.9. The zero-order chi connectivity index (χ0) is 11.8. The zero-order valence-corrected chi connectivity index (χ0v) is 9.49. The van der Waals surface area contributed by atoms with Gasteiger partial charge in [0.2, 0.25) is 0 Å². The summed E-state index contributed by atoms with van der Waals surface area (Å²) in [6.45, 7) is 7.45. The molecule has 1 fully saturated rings. The van der Waals surface area contributed by atoms with E-state index in [1.807, 2.05) is 44.2 Å². The smallest absolute Gasteiger partial charge is 0.332 e. The lowest BCUT2D eigenvalue weighted by Crippen LogP contribution is -2.41. The van der Waals surface area contributed by atoms with Crippen molar-refractivity contribution in [2.45, 2.75) is 25.6 Å². The van der Waals surface area contributed by atoms with Crippen molar-refractivity contribution in [3.8, 4) is 0 Å². The van der Waals surface area contributed by atoms with E-state index < -0.39 is 11.8 Å². The first-order valence-corrected chi connectivity index (χ1v) is 5.24. The van der Waals surface area contributed by atoms with Crippen LogP contribution in [0.4, 0.5) is 0 Å². The Morgan fingerprint density at radius 2 is 2.06 bits per heavy atom. The van der Waals surface area contributed by atoms with Crippen LogP contribution in [-0.4, -0.2) is 12.2 Å². The molecule has 16 heavy (non-hydrogen) atoms. The molecule has 2 rings (SSSR count). The van der Waals surface area contributed by atoms with Gasteiger partial charge in [0, 0.05) is 0 Å². The Bertz CT molecular complexity index is 427. The molecule has 3 nitrogen and oxygen atoms in total. The average molecular weight is 217 g/mol. The third-order valence-corrected chi connectivity index (χ3v) is 2.85. The number of hydrogen-bond donors (Lipinski definition) is 1. The predicted octanol–water partition coefficient (Wildman–Crippen LogP) is 1.95. The van der Waals surface area contributed by atoms with E-state index in [0.717, 1.165) is 11.1 Å². The molecule has 0 spiro atoms. The van der Waals surface area contributed by atoms with Gasteiger partial charge in [-0.15, -0.1) is 0 Å². The second kappa shape index (κ2) is 3.76. The van der Waals surface area contributed by atoms with Crippen LogP contribution in [0.2, 0.25) is 0 Å². The second-order valence-electron chi connectivity index (χ2n) is 4.27. The fourth-order valence-corrected chi connectivity index (χ4v) is 1.77. The maximum absolute atomic E-state index is 11.9. The van der Waals surface area contributed by atoms with Gasteiger partial charge in [-0.1, -0.05) is 36.9 Å². The molecule has 2 atom stereocenters. The maximum atomic E-state index is 11.9. The molecular formula is C13H15NO2. The largest absolute Gasteiger partial charge is 0.441 e. The molecule has 0 radical (unpaired) electrons. The number of esters is 1. The van der Waals surface area contributed by atoms with Crippen LogP contribution in [0.15, 0.2) is 42.5 Å². The van der Waals surface area contributed by atoms with Crippen LogP contribution in [-0.2, 0) is 15.1 Å². The monoisotopic (exact) mass is 217 g/mol. The molecule has 84 valence electrons. The summed E-state index contributed by atoms with van der Waals surface area (Å²) in [5.41, 5.74) is 0.932. The van der Waals surface area contributed by atoms with Crippen molar-refractivity contribution >= 4 is 5.97 Å². The summed E-state index contributed by atoms with van der Waals surface area (Å²) in [5.74, 6) is -0.258. The molecular weight excluding hydrogens is 202 g/mol. The summed E-state index contributed by atoms with van der Waals surface area (Å²) in [7, 11) is 0. The van der Waals surface area contributed by atoms with Crippen LogP contribution in [0.5, 0.6) is 0 Å². The van der Waals surface area contributed by atoms with Gasteiger partial charge in [0.05, 0.1) is 0 Å². The van der Waals surface area contributed by atoms with Crippen molar-refractivity contribution in [2.75, 3.05) is 0 Å². The van der Waals surface area contributed by atoms with E-state index in [2.05, 4.69) is 11.9 Å². The molecule has 1 aromatic rings. The van der Waals surface area contributed by atoms with Crippen molar-refractivity contribution in [1.29, 1.82) is 0 Å². The maximum Gasteiger partial charge on any atom is 0.332 e. The highest BCUT2D eigenvalue weighted by Gasteiger charge is 2.46. The van der Waals surface area contributed by atoms with Gasteiger partial charge in [0.25, 0.3) is 0 Å². The van der Waals surface area contributed by atoms with Crippen molar-refractivity contribution in [1.82, 2.24) is 5.32 Å². The van der Waals surface area contributed by atoms with Crippen LogP contribution < -0.4 is 5.32 Å². The van der Waals surface area contributed by atoms with E-state index in [-0.39, 0.29) is 5.97 Å². The summed E-state index contributed by atoms with van der Waals surface area (Å²) in [6.07, 6.45) is -0.391. The molecule has 0 saturated carbocycles. The Hall–Kier alpha value is -1.61. The van der Waals surface area contributed by atoms with E-state index in [1.165, 1.54) is 0 Å². The zero-order valence-electron chi connectivity index (χ0n) is 9.49. The molecule has 1 N–H and O–H groups in total. The minimum Gasteiger partial charge on any atom is -0.441 e. The Morgan fingerprint density at radius 1 is 1.44 bits per heavy atom. The van der Waals surface area contributed by atoms with Crippen molar-refractivity contribution < 1.29 is 9.53 Å². The van der Waals surface area contributed by atoms with Crippen LogP contribution >= 0.6 is 0 Å². The fraction of sp³-hybridized carbons (Fsp3) is 0.308. The first-order valence-electron chi connectivity index (χ1n) is 5.24. The number of carbonyl (C=O) groups is 1. The van der Waals surface area contributed by atoms with Crippen LogP contribution in [0.25, 0.3) is 0 Å². The molecule has 2 unspecified atom stereocenters. The normalized spacial score (nSPS) is 28.9. The molecule has 1 aromatic carbocycles. The third kappa shape index (κ3) is 1.63. The van der Waals surface area contributed by atoms with E-state index in [0.29, 0.717) is 0 Å². The second-order valence-corrected chi connectivity index (χ2v) is 4.27. The first-order chi connectivity index (χ1) is 7.54. The highest BCUT2D eigenvalue weighted by Crippen LogP contribution is 2.29. The van der Waals surface area contributed by atoms with Crippen molar-refractivity contribution in [2.24, 2.45) is 0 Å². The lowest BCUT2D eigenvalue weighted by Gasteiger charge is -2.20. The number of nitrogens with one attached hydrogen (secondary N) is 1. The lowest BCUT2D eigenvalue weighted by molar-refractivity contribution is -0.144. The van der Waals surface area contributed by atoms with Gasteiger partial charge in [0.1, 0.15) is 5.54 Å². The molecule has 0 aromatic heterocycles. The van der Waals surface area contributed by atoms with Gasteiger partial charge in [-0.25, -0.2) is 4.79 Å². The Labute approximate surface area is 95.1 Å². The average Bonchev–Trinajstić information content (AvgIpc) is 2.58. The SMILES string of the molecule is C=C(C)C1NC(C)(c2ccccc2)C(=O)O1. The van der Waals surface area contributed by atoms with Crippen LogP contribution in [0.1, 0.15) is 19.4 Å². The minimum absolute atomic E-state index is 0.258. The van der Waals surface area contributed by atoms with E-state index in [9.17, 15) is 4.79 Å². The summed E-state index contributed by atoms with van der Waals surface area (Å²) in [5, 5.41) is 3.16. The standard InChI is InChI=1S/C13H15NO2/c1-9(2)11-14-13(3,12(15)16-11)10-7-5-4-6-8-10/h4-8,11,14H,1H2,2-3H3. The quantitative estimate of drug-likeness (QED) is 0.608. The minimum atomic E-state index is -0.773. The number of hydrogen-bond acceptors (Lipinski definition) is 3. The van der Waals surface area contributed by atoms with Gasteiger partial charge in [-0.2, -0.15) is 0 Å². The molecule has 0 aliphatic carbocycles. The van der Waals surface area contributed by atoms with Crippen LogP contribution in [0.3, 0.4) is 0 Å². The summed E-state index contributed by atoms with van der Waals surface area (Å²) >= 11 is 0. The van der Waals surface area contributed by atoms with Gasteiger partial charge >= 0.3 is 5.97 Å². The topological polar surface area (TPSA) is 38.3 Å². The highest BCUT2D eigenvalue weighted by molar-refractivity contribution is 5.84. The molecule has 3 heteroatoms. The summed E-state index contributed by atoms with van der Waals surface area (Å²) in [6, 6.07) is 9.56. The summed E-state index contributed by atoms with van der Waals surface area (Å²) < 4.78 is 5.24. The number of carbonyl (C=O) groups excluding carboxylic acids is 1. The molecule has 1 aliphatic rings. The van der Waals surface area contributed by atoms with Crippen molar-refractivity contribution in [3.63, 3.8) is 0 Å². The van der Waals surface area contributed by atoms with Gasteiger partial charge in [0.15, 0.2) is 6.23 Å². The predicted molar refractivity (Wildman–Crippen MR) is 61.6 cm³/mol. The van der Waals surface area contributed by atoms with Gasteiger partial charge in [-0.3, -0.25) is 5.32 Å². The van der Waals surface area contributed by atoms with Gasteiger partial charge in [-0.05, 0) is 25.0 Å². The molecule has 0 bridgehead atoms. The number of rotatable bonds is 2. The Balaban J connectivity index is 2.33. The molecule has 1 aliphatic heterocycles. The van der Waals surface area contributed by atoms with Crippen molar-refractivity contribution in [3.05, 3.63) is 48.0 Å². The Morgan fingerprint density at radius 3 is 2.56 bits per heavy atom. The Kier molecular flexibility index (Phi) is 2.56. The lowest BCUT2D eigenvalue weighted by atomic mass is 9.93. The van der Waals surface area contributed by atoms with E-state index >= 15 is 0 Å². The molecule has 0 amide bonds. The fourth-order valence-electron chi connectivity index (χ4n) is 1.77. The highest BCUT2D eigenvalue weighted by atomic mass is 16.6. The van der Waals surface area contributed by atoms with Gasteiger partial charge < -0.3 is 4.74 Å².